The number of nitrogens with zero attached hydrogens (tertiary/aromatic N) is 1. The molecule has 1 aliphatic rings. The zero-order chi connectivity index (χ0) is 13.0. The predicted molar refractivity (Wildman–Crippen MR) is 76.4 cm³/mol. The number of nitrogens with two attached hydrogens (primary N) is 1. The number of hydrogen-bond acceptors (Lipinski definition) is 3. The molecule has 2 rings (SSSR count). The highest BCUT2D eigenvalue weighted by Gasteiger charge is 2.22. The van der Waals surface area contributed by atoms with Crippen molar-refractivity contribution < 1.29 is 4.39 Å². The fourth-order valence-corrected chi connectivity index (χ4v) is 3.42. The van der Waals surface area contributed by atoms with Gasteiger partial charge in [0.25, 0.3) is 0 Å². The Bertz CT molecular complexity index is 389. The maximum Gasteiger partial charge on any atom is 0.123 e. The molecule has 2 nitrogen and oxygen atoms in total. The molecule has 0 spiro atoms. The Morgan fingerprint density at radius 3 is 3.00 bits per heavy atom. The summed E-state index contributed by atoms with van der Waals surface area (Å²) in [5.41, 5.74) is 8.11. The summed E-state index contributed by atoms with van der Waals surface area (Å²) in [5.74, 6) is 2.19. The van der Waals surface area contributed by atoms with E-state index in [1.807, 2.05) is 24.8 Å². The summed E-state index contributed by atoms with van der Waals surface area (Å²) >= 11 is 1.99. The van der Waals surface area contributed by atoms with Crippen LogP contribution in [-0.4, -0.2) is 36.0 Å². The normalized spacial score (nSPS) is 19.5. The van der Waals surface area contributed by atoms with E-state index in [2.05, 4.69) is 4.90 Å². The van der Waals surface area contributed by atoms with Crippen molar-refractivity contribution in [2.45, 2.75) is 19.4 Å². The van der Waals surface area contributed by atoms with Crippen LogP contribution in [0.3, 0.4) is 0 Å². The highest BCUT2D eigenvalue weighted by atomic mass is 32.2. The molecule has 1 saturated heterocycles. The van der Waals surface area contributed by atoms with Crippen molar-refractivity contribution in [2.24, 2.45) is 5.73 Å². The van der Waals surface area contributed by atoms with E-state index in [4.69, 9.17) is 5.73 Å². The molecule has 0 amide bonds. The van der Waals surface area contributed by atoms with Gasteiger partial charge in [0, 0.05) is 24.9 Å². The van der Waals surface area contributed by atoms with E-state index in [0.717, 1.165) is 30.0 Å². The van der Waals surface area contributed by atoms with Crippen LogP contribution in [-0.2, 0) is 0 Å². The second-order valence-corrected chi connectivity index (χ2v) is 5.98. The lowest BCUT2D eigenvalue weighted by Crippen LogP contribution is -2.35. The summed E-state index contributed by atoms with van der Waals surface area (Å²) in [5, 5.41) is 0. The summed E-state index contributed by atoms with van der Waals surface area (Å²) in [6.07, 6.45) is 1.19. The van der Waals surface area contributed by atoms with Crippen LogP contribution in [0.25, 0.3) is 0 Å². The molecule has 1 aromatic carbocycles. The Balaban J connectivity index is 2.23. The van der Waals surface area contributed by atoms with Crippen molar-refractivity contribution in [2.75, 3.05) is 31.1 Å². The van der Waals surface area contributed by atoms with Gasteiger partial charge in [-0.3, -0.25) is 4.90 Å². The van der Waals surface area contributed by atoms with Crippen LogP contribution >= 0.6 is 11.8 Å². The fraction of sp³-hybridized carbons (Fsp3) is 0.571. The first kappa shape index (κ1) is 13.8. The minimum Gasteiger partial charge on any atom is -0.329 e. The van der Waals surface area contributed by atoms with E-state index in [0.29, 0.717) is 6.54 Å². The van der Waals surface area contributed by atoms with Crippen molar-refractivity contribution in [1.29, 1.82) is 0 Å². The molecule has 1 fully saturated rings. The van der Waals surface area contributed by atoms with Gasteiger partial charge in [0.15, 0.2) is 0 Å². The molecule has 18 heavy (non-hydrogen) atoms. The van der Waals surface area contributed by atoms with Crippen LogP contribution in [0.15, 0.2) is 18.2 Å². The number of hydrogen-bond donors (Lipinski definition) is 1. The van der Waals surface area contributed by atoms with Gasteiger partial charge < -0.3 is 5.73 Å². The third kappa shape index (κ3) is 3.25. The lowest BCUT2D eigenvalue weighted by Gasteiger charge is -2.30. The van der Waals surface area contributed by atoms with Gasteiger partial charge in [-0.2, -0.15) is 11.8 Å². The lowest BCUT2D eigenvalue weighted by molar-refractivity contribution is 0.217. The van der Waals surface area contributed by atoms with Gasteiger partial charge in [-0.1, -0.05) is 6.07 Å². The van der Waals surface area contributed by atoms with Crippen molar-refractivity contribution in [3.8, 4) is 0 Å². The first-order valence-electron chi connectivity index (χ1n) is 6.50. The van der Waals surface area contributed by atoms with Crippen LogP contribution in [0.1, 0.15) is 23.6 Å². The number of halogens is 1. The summed E-state index contributed by atoms with van der Waals surface area (Å²) in [6, 6.07) is 5.16. The van der Waals surface area contributed by atoms with Gasteiger partial charge in [-0.15, -0.1) is 0 Å². The zero-order valence-corrected chi connectivity index (χ0v) is 11.7. The van der Waals surface area contributed by atoms with Crippen molar-refractivity contribution in [1.82, 2.24) is 4.90 Å². The summed E-state index contributed by atoms with van der Waals surface area (Å²) in [6.45, 7) is 4.69. The summed E-state index contributed by atoms with van der Waals surface area (Å²) in [4.78, 5) is 2.40. The van der Waals surface area contributed by atoms with Crippen LogP contribution in [0.5, 0.6) is 0 Å². The van der Waals surface area contributed by atoms with E-state index in [1.165, 1.54) is 18.2 Å². The second kappa shape index (κ2) is 6.55. The molecule has 1 atom stereocenters. The van der Waals surface area contributed by atoms with Gasteiger partial charge in [0.2, 0.25) is 0 Å². The van der Waals surface area contributed by atoms with Crippen LogP contribution < -0.4 is 5.73 Å². The number of thioether (sulfide) groups is 1. The zero-order valence-electron chi connectivity index (χ0n) is 10.9. The maximum atomic E-state index is 13.4. The second-order valence-electron chi connectivity index (χ2n) is 4.75. The van der Waals surface area contributed by atoms with E-state index in [9.17, 15) is 4.39 Å². The molecule has 1 unspecified atom stereocenters. The van der Waals surface area contributed by atoms with E-state index in [-0.39, 0.29) is 11.9 Å². The van der Waals surface area contributed by atoms with Crippen molar-refractivity contribution >= 4 is 11.8 Å². The molecule has 1 aromatic rings. The molecular formula is C14H21FN2S. The van der Waals surface area contributed by atoms with E-state index >= 15 is 0 Å². The summed E-state index contributed by atoms with van der Waals surface area (Å²) < 4.78 is 13.4. The Morgan fingerprint density at radius 1 is 1.39 bits per heavy atom. The molecule has 1 aliphatic heterocycles. The molecule has 0 saturated carbocycles. The van der Waals surface area contributed by atoms with Gasteiger partial charge in [0.05, 0.1) is 0 Å². The van der Waals surface area contributed by atoms with Crippen LogP contribution in [0.2, 0.25) is 0 Å². The number of benzene rings is 1. The largest absolute Gasteiger partial charge is 0.329 e. The van der Waals surface area contributed by atoms with Gasteiger partial charge in [-0.05, 0) is 48.9 Å². The third-order valence-electron chi connectivity index (χ3n) is 3.52. The average Bonchev–Trinajstić information content (AvgIpc) is 2.64. The maximum absolute atomic E-state index is 13.4. The average molecular weight is 268 g/mol. The lowest BCUT2D eigenvalue weighted by atomic mass is 9.99. The molecule has 0 bridgehead atoms. The molecule has 0 aliphatic carbocycles. The van der Waals surface area contributed by atoms with Gasteiger partial charge in [-0.25, -0.2) is 4.39 Å². The van der Waals surface area contributed by atoms with Gasteiger partial charge in [0.1, 0.15) is 5.82 Å². The van der Waals surface area contributed by atoms with E-state index in [1.54, 1.807) is 6.07 Å². The first-order valence-corrected chi connectivity index (χ1v) is 7.65. The monoisotopic (exact) mass is 268 g/mol. The smallest absolute Gasteiger partial charge is 0.123 e. The number of rotatable bonds is 3. The van der Waals surface area contributed by atoms with Crippen molar-refractivity contribution in [3.63, 3.8) is 0 Å². The molecule has 4 heteroatoms. The minimum atomic E-state index is -0.168. The number of aryl methyl sites for hydroxylation is 1. The predicted octanol–water partition coefficient (Wildman–Crippen LogP) is 2.57. The van der Waals surface area contributed by atoms with Gasteiger partial charge >= 0.3 is 0 Å². The fourth-order valence-electron chi connectivity index (χ4n) is 2.52. The standard InChI is InChI=1S/C14H21FN2S/c1-11-3-4-12(15)9-13(11)14(10-16)17-5-2-7-18-8-6-17/h3-4,9,14H,2,5-8,10,16H2,1H3. The Kier molecular flexibility index (Phi) is 5.03. The quantitative estimate of drug-likeness (QED) is 0.913. The SMILES string of the molecule is Cc1ccc(F)cc1C(CN)N1CCCSCC1. The Morgan fingerprint density at radius 2 is 2.22 bits per heavy atom. The van der Waals surface area contributed by atoms with Crippen LogP contribution in [0.4, 0.5) is 4.39 Å². The third-order valence-corrected chi connectivity index (χ3v) is 4.57. The first-order chi connectivity index (χ1) is 8.72. The Hall–Kier alpha value is -0.580. The summed E-state index contributed by atoms with van der Waals surface area (Å²) in [7, 11) is 0. The van der Waals surface area contributed by atoms with Crippen molar-refractivity contribution in [3.05, 3.63) is 35.1 Å². The molecule has 0 radical (unpaired) electrons. The molecule has 100 valence electrons. The Labute approximate surface area is 113 Å². The molecule has 2 N–H and O–H groups in total. The highest BCUT2D eigenvalue weighted by molar-refractivity contribution is 7.99. The molecular weight excluding hydrogens is 247 g/mol. The topological polar surface area (TPSA) is 29.3 Å². The molecule has 1 heterocycles. The highest BCUT2D eigenvalue weighted by Crippen LogP contribution is 2.26. The minimum absolute atomic E-state index is 0.152. The van der Waals surface area contributed by atoms with E-state index < -0.39 is 0 Å². The van der Waals surface area contributed by atoms with Crippen LogP contribution in [0, 0.1) is 12.7 Å². The molecule has 0 aromatic heterocycles.